The molecule has 7 heteroatoms. The minimum Gasteiger partial charge on any atom is -0.494 e. The summed E-state index contributed by atoms with van der Waals surface area (Å²) in [6.07, 6.45) is 0.371. The highest BCUT2D eigenvalue weighted by Crippen LogP contribution is 2.33. The molecule has 1 N–H and O–H groups in total. The summed E-state index contributed by atoms with van der Waals surface area (Å²) in [6, 6.07) is 20.3. The second-order valence-corrected chi connectivity index (χ2v) is 9.64. The van der Waals surface area contributed by atoms with Crippen molar-refractivity contribution in [3.05, 3.63) is 75.2 Å². The van der Waals surface area contributed by atoms with Crippen molar-refractivity contribution in [1.29, 1.82) is 0 Å². The third kappa shape index (κ3) is 5.60. The minimum atomic E-state index is -0.943. The van der Waals surface area contributed by atoms with E-state index in [1.54, 1.807) is 6.92 Å². The Kier molecular flexibility index (Phi) is 7.73. The molecule has 3 aromatic carbocycles. The molecule has 4 aromatic rings. The van der Waals surface area contributed by atoms with Gasteiger partial charge in [0.25, 0.3) is 0 Å². The van der Waals surface area contributed by atoms with Gasteiger partial charge in [-0.15, -0.1) is 0 Å². The number of carbonyl (C=O) groups is 1. The lowest BCUT2D eigenvalue weighted by molar-refractivity contribution is -0.149. The molecule has 0 fully saturated rings. The summed E-state index contributed by atoms with van der Waals surface area (Å²) in [5.41, 5.74) is 3.32. The highest BCUT2D eigenvalue weighted by molar-refractivity contribution is 9.10. The van der Waals surface area contributed by atoms with Gasteiger partial charge in [0.15, 0.2) is 6.10 Å². The van der Waals surface area contributed by atoms with Gasteiger partial charge < -0.3 is 19.1 Å². The maximum atomic E-state index is 11.3. The number of aromatic nitrogens is 1. The summed E-state index contributed by atoms with van der Waals surface area (Å²) >= 11 is 7.18. The molecule has 0 aliphatic carbocycles. The molecule has 4 rings (SSSR count). The van der Waals surface area contributed by atoms with Gasteiger partial charge in [-0.1, -0.05) is 44.0 Å². The Labute approximate surface area is 209 Å². The number of fused-ring (bicyclic) bond motifs is 3. The molecule has 1 atom stereocenters. The van der Waals surface area contributed by atoms with E-state index >= 15 is 0 Å². The summed E-state index contributed by atoms with van der Waals surface area (Å²) in [6.45, 7) is 3.60. The fourth-order valence-corrected chi connectivity index (χ4v) is 4.78. The highest BCUT2D eigenvalue weighted by Gasteiger charge is 2.18. The zero-order valence-electron chi connectivity index (χ0n) is 18.3. The van der Waals surface area contributed by atoms with Crippen LogP contribution >= 0.6 is 31.9 Å². The molecule has 0 saturated heterocycles. The molecule has 0 radical (unpaired) electrons. The fraction of sp³-hybridized carbons (Fsp3) is 0.269. The molecule has 1 aromatic heterocycles. The second kappa shape index (κ2) is 10.7. The Bertz CT molecular complexity index is 1210. The van der Waals surface area contributed by atoms with E-state index in [4.69, 9.17) is 9.47 Å². The van der Waals surface area contributed by atoms with Crippen molar-refractivity contribution in [3.63, 3.8) is 0 Å². The number of carboxylic acids is 1. The summed E-state index contributed by atoms with van der Waals surface area (Å²) in [7, 11) is 0. The van der Waals surface area contributed by atoms with Crippen LogP contribution in [0.1, 0.15) is 18.9 Å². The maximum Gasteiger partial charge on any atom is 0.333 e. The molecule has 5 nitrogen and oxygen atoms in total. The first-order valence-electron chi connectivity index (χ1n) is 10.9. The van der Waals surface area contributed by atoms with E-state index < -0.39 is 12.1 Å². The van der Waals surface area contributed by atoms with Crippen LogP contribution in [0.2, 0.25) is 0 Å². The third-order valence-electron chi connectivity index (χ3n) is 5.57. The van der Waals surface area contributed by atoms with Crippen LogP contribution in [0.4, 0.5) is 0 Å². The standard InChI is InChI=1S/C26H25Br2NO4/c1-2-32-25(26(30)31)14-17-4-8-20(9-5-17)33-13-3-12-29-23-10-6-18(27)15-21(23)22-16-19(28)7-11-24(22)29/h4-11,15-16,25H,2-3,12-14H2,1H3,(H,30,31). The molecule has 0 aliphatic rings. The summed E-state index contributed by atoms with van der Waals surface area (Å²) < 4.78 is 15.7. The van der Waals surface area contributed by atoms with Crippen molar-refractivity contribution in [3.8, 4) is 5.75 Å². The Morgan fingerprint density at radius 1 is 0.970 bits per heavy atom. The number of ether oxygens (including phenoxy) is 2. The molecular weight excluding hydrogens is 550 g/mol. The van der Waals surface area contributed by atoms with Crippen LogP contribution in [0, 0.1) is 0 Å². The van der Waals surface area contributed by atoms with Crippen LogP contribution in [-0.2, 0) is 22.5 Å². The van der Waals surface area contributed by atoms with Crippen molar-refractivity contribution in [2.75, 3.05) is 13.2 Å². The van der Waals surface area contributed by atoms with Gasteiger partial charge in [0.05, 0.1) is 6.61 Å². The zero-order valence-corrected chi connectivity index (χ0v) is 21.4. The zero-order chi connectivity index (χ0) is 23.4. The molecule has 1 heterocycles. The minimum absolute atomic E-state index is 0.337. The van der Waals surface area contributed by atoms with E-state index in [2.05, 4.69) is 72.8 Å². The van der Waals surface area contributed by atoms with Crippen molar-refractivity contribution in [2.45, 2.75) is 32.4 Å². The average molecular weight is 575 g/mol. The molecular formula is C26H25Br2NO4. The third-order valence-corrected chi connectivity index (χ3v) is 6.56. The van der Waals surface area contributed by atoms with Gasteiger partial charge in [0.2, 0.25) is 0 Å². The average Bonchev–Trinajstić information content (AvgIpc) is 3.09. The van der Waals surface area contributed by atoms with E-state index in [0.29, 0.717) is 19.6 Å². The first-order valence-corrected chi connectivity index (χ1v) is 12.5. The largest absolute Gasteiger partial charge is 0.494 e. The number of hydrogen-bond acceptors (Lipinski definition) is 3. The summed E-state index contributed by atoms with van der Waals surface area (Å²) in [4.78, 5) is 11.3. The monoisotopic (exact) mass is 573 g/mol. The van der Waals surface area contributed by atoms with Crippen molar-refractivity contribution in [1.82, 2.24) is 4.57 Å². The Morgan fingerprint density at radius 2 is 1.58 bits per heavy atom. The van der Waals surface area contributed by atoms with E-state index in [-0.39, 0.29) is 0 Å². The van der Waals surface area contributed by atoms with Gasteiger partial charge in [0.1, 0.15) is 5.75 Å². The number of aliphatic carboxylic acids is 1. The van der Waals surface area contributed by atoms with Gasteiger partial charge >= 0.3 is 5.97 Å². The number of halogens is 2. The van der Waals surface area contributed by atoms with Gasteiger partial charge in [0, 0.05) is 50.3 Å². The van der Waals surface area contributed by atoms with Crippen molar-refractivity contribution < 1.29 is 19.4 Å². The number of aryl methyl sites for hydroxylation is 1. The molecule has 33 heavy (non-hydrogen) atoms. The SMILES string of the molecule is CCOC(Cc1ccc(OCCCn2c3ccc(Br)cc3c3cc(Br)ccc32)cc1)C(=O)O. The molecule has 0 saturated carbocycles. The quantitative estimate of drug-likeness (QED) is 0.211. The van der Waals surface area contributed by atoms with Gasteiger partial charge in [-0.2, -0.15) is 0 Å². The van der Waals surface area contributed by atoms with Crippen LogP contribution < -0.4 is 4.74 Å². The van der Waals surface area contributed by atoms with E-state index in [1.807, 2.05) is 24.3 Å². The lowest BCUT2D eigenvalue weighted by Gasteiger charge is -2.13. The van der Waals surface area contributed by atoms with Crippen molar-refractivity contribution in [2.24, 2.45) is 0 Å². The van der Waals surface area contributed by atoms with E-state index in [0.717, 1.165) is 33.2 Å². The Morgan fingerprint density at radius 3 is 2.12 bits per heavy atom. The molecule has 0 amide bonds. The molecule has 0 bridgehead atoms. The first-order chi connectivity index (χ1) is 16.0. The van der Waals surface area contributed by atoms with Crippen LogP contribution in [0.3, 0.4) is 0 Å². The maximum absolute atomic E-state index is 11.3. The summed E-state index contributed by atoms with van der Waals surface area (Å²) in [5, 5.41) is 11.7. The number of nitrogens with zero attached hydrogens (tertiary/aromatic N) is 1. The first kappa shape index (κ1) is 23.8. The Balaban J connectivity index is 1.39. The van der Waals surface area contributed by atoms with Crippen LogP contribution in [0.15, 0.2) is 69.6 Å². The van der Waals surface area contributed by atoms with Gasteiger partial charge in [-0.3, -0.25) is 0 Å². The normalized spacial score (nSPS) is 12.3. The van der Waals surface area contributed by atoms with Crippen molar-refractivity contribution >= 4 is 59.6 Å². The predicted molar refractivity (Wildman–Crippen MR) is 138 cm³/mol. The number of rotatable bonds is 10. The van der Waals surface area contributed by atoms with E-state index in [1.165, 1.54) is 21.8 Å². The predicted octanol–water partition coefficient (Wildman–Crippen LogP) is 6.82. The van der Waals surface area contributed by atoms with Gasteiger partial charge in [-0.05, 0) is 67.4 Å². The number of benzene rings is 3. The summed E-state index contributed by atoms with van der Waals surface area (Å²) in [5.74, 6) is -0.168. The molecule has 0 aliphatic heterocycles. The van der Waals surface area contributed by atoms with Crippen LogP contribution in [-0.4, -0.2) is 35.0 Å². The molecule has 0 spiro atoms. The highest BCUT2D eigenvalue weighted by atomic mass is 79.9. The lowest BCUT2D eigenvalue weighted by Crippen LogP contribution is -2.26. The lowest BCUT2D eigenvalue weighted by atomic mass is 10.1. The molecule has 172 valence electrons. The van der Waals surface area contributed by atoms with E-state index in [9.17, 15) is 9.90 Å². The topological polar surface area (TPSA) is 60.7 Å². The second-order valence-electron chi connectivity index (χ2n) is 7.81. The van der Waals surface area contributed by atoms with Gasteiger partial charge in [-0.25, -0.2) is 4.79 Å². The number of carboxylic acid groups (broad SMARTS) is 1. The fourth-order valence-electron chi connectivity index (χ4n) is 4.06. The van der Waals surface area contributed by atoms with Crippen LogP contribution in [0.25, 0.3) is 21.8 Å². The Hall–Kier alpha value is -2.35. The van der Waals surface area contributed by atoms with Crippen LogP contribution in [0.5, 0.6) is 5.75 Å². The number of hydrogen-bond donors (Lipinski definition) is 1. The smallest absolute Gasteiger partial charge is 0.333 e. The molecule has 1 unspecified atom stereocenters.